The summed E-state index contributed by atoms with van der Waals surface area (Å²) in [6.07, 6.45) is 0. The monoisotopic (exact) mass is 308 g/mol. The van der Waals surface area contributed by atoms with Crippen LogP contribution in [-0.4, -0.2) is 23.0 Å². The maximum Gasteiger partial charge on any atom is 0.358 e. The fraction of sp³-hybridized carbons (Fsp3) is 0.267. The first kappa shape index (κ1) is 15.4. The molecule has 1 aromatic carbocycles. The van der Waals surface area contributed by atoms with Crippen LogP contribution in [0.3, 0.4) is 0 Å². The second kappa shape index (κ2) is 5.77. The average Bonchev–Trinajstić information content (AvgIpc) is 2.44. The van der Waals surface area contributed by atoms with E-state index in [-0.39, 0.29) is 22.1 Å². The molecule has 2 aromatic rings. The Hall–Kier alpha value is -2.01. The summed E-state index contributed by atoms with van der Waals surface area (Å²) in [6.45, 7) is 5.14. The maximum absolute atomic E-state index is 14.3. The number of hydrogen-bond acceptors (Lipinski definition) is 4. The number of benzene rings is 1. The van der Waals surface area contributed by atoms with Crippen molar-refractivity contribution >= 4 is 17.6 Å². The van der Waals surface area contributed by atoms with E-state index in [1.807, 2.05) is 6.92 Å². The summed E-state index contributed by atoms with van der Waals surface area (Å²) in [5.74, 6) is -0.990. The van der Waals surface area contributed by atoms with Crippen LogP contribution < -0.4 is 0 Å². The summed E-state index contributed by atoms with van der Waals surface area (Å²) >= 11 is 6.01. The second-order valence-electron chi connectivity index (χ2n) is 4.73. The Bertz CT molecular complexity index is 732. The third kappa shape index (κ3) is 2.88. The lowest BCUT2D eigenvalue weighted by Crippen LogP contribution is -2.09. The van der Waals surface area contributed by atoms with Gasteiger partial charge in [-0.05, 0) is 38.0 Å². The molecule has 1 aromatic heterocycles. The SMILES string of the molecule is COC(=O)c1nc(-c2cc(C)cc(C)c2F)nc(C)c1Cl. The summed E-state index contributed by atoms with van der Waals surface area (Å²) in [5, 5.41) is 0.107. The molecule has 0 N–H and O–H groups in total. The summed E-state index contributed by atoms with van der Waals surface area (Å²) in [6, 6.07) is 3.36. The zero-order chi connectivity index (χ0) is 15.7. The number of carbonyl (C=O) groups is 1. The minimum atomic E-state index is -0.684. The van der Waals surface area contributed by atoms with Crippen molar-refractivity contribution in [2.24, 2.45) is 0 Å². The largest absolute Gasteiger partial charge is 0.464 e. The molecule has 0 unspecified atom stereocenters. The number of esters is 1. The molecule has 0 spiro atoms. The molecule has 2 rings (SSSR count). The molecule has 0 aliphatic heterocycles. The lowest BCUT2D eigenvalue weighted by atomic mass is 10.1. The molecule has 1 heterocycles. The van der Waals surface area contributed by atoms with Crippen molar-refractivity contribution in [2.45, 2.75) is 20.8 Å². The average molecular weight is 309 g/mol. The van der Waals surface area contributed by atoms with E-state index in [0.717, 1.165) is 5.56 Å². The van der Waals surface area contributed by atoms with Crippen LogP contribution in [0.2, 0.25) is 5.02 Å². The Morgan fingerprint density at radius 3 is 2.52 bits per heavy atom. The topological polar surface area (TPSA) is 52.1 Å². The van der Waals surface area contributed by atoms with Gasteiger partial charge in [-0.25, -0.2) is 19.2 Å². The van der Waals surface area contributed by atoms with E-state index in [9.17, 15) is 9.18 Å². The number of hydrogen-bond donors (Lipinski definition) is 0. The predicted octanol–water partition coefficient (Wildman–Crippen LogP) is 3.65. The number of aromatic nitrogens is 2. The first-order chi connectivity index (χ1) is 9.85. The van der Waals surface area contributed by atoms with Crippen molar-refractivity contribution in [1.82, 2.24) is 9.97 Å². The number of nitrogens with zero attached hydrogens (tertiary/aromatic N) is 2. The van der Waals surface area contributed by atoms with E-state index < -0.39 is 11.8 Å². The Labute approximate surface area is 126 Å². The fourth-order valence-electron chi connectivity index (χ4n) is 2.02. The number of ether oxygens (including phenoxy) is 1. The second-order valence-corrected chi connectivity index (χ2v) is 5.11. The van der Waals surface area contributed by atoms with Crippen molar-refractivity contribution < 1.29 is 13.9 Å². The van der Waals surface area contributed by atoms with Crippen LogP contribution in [0.25, 0.3) is 11.4 Å². The van der Waals surface area contributed by atoms with Crippen molar-refractivity contribution in [3.8, 4) is 11.4 Å². The molecule has 110 valence electrons. The van der Waals surface area contributed by atoms with Crippen LogP contribution in [-0.2, 0) is 4.74 Å². The molecular formula is C15H14ClFN2O2. The van der Waals surface area contributed by atoms with Gasteiger partial charge < -0.3 is 4.74 Å². The number of carbonyl (C=O) groups excluding carboxylic acids is 1. The lowest BCUT2D eigenvalue weighted by molar-refractivity contribution is 0.0594. The van der Waals surface area contributed by atoms with E-state index in [2.05, 4.69) is 14.7 Å². The predicted molar refractivity (Wildman–Crippen MR) is 78.0 cm³/mol. The third-order valence-corrected chi connectivity index (χ3v) is 3.49. The summed E-state index contributed by atoms with van der Waals surface area (Å²) < 4.78 is 18.9. The highest BCUT2D eigenvalue weighted by atomic mass is 35.5. The van der Waals surface area contributed by atoms with Gasteiger partial charge in [-0.3, -0.25) is 0 Å². The van der Waals surface area contributed by atoms with Crippen molar-refractivity contribution in [2.75, 3.05) is 7.11 Å². The minimum absolute atomic E-state index is 0.0692. The van der Waals surface area contributed by atoms with Crippen molar-refractivity contribution in [3.05, 3.63) is 45.5 Å². The van der Waals surface area contributed by atoms with E-state index in [0.29, 0.717) is 11.3 Å². The summed E-state index contributed by atoms with van der Waals surface area (Å²) in [5.41, 5.74) is 1.92. The molecule has 0 aliphatic rings. The zero-order valence-electron chi connectivity index (χ0n) is 12.1. The van der Waals surface area contributed by atoms with Crippen LogP contribution in [0, 0.1) is 26.6 Å². The highest BCUT2D eigenvalue weighted by molar-refractivity contribution is 6.33. The van der Waals surface area contributed by atoms with Crippen LogP contribution >= 0.6 is 11.6 Å². The van der Waals surface area contributed by atoms with E-state index >= 15 is 0 Å². The normalized spacial score (nSPS) is 10.6. The minimum Gasteiger partial charge on any atom is -0.464 e. The molecular weight excluding hydrogens is 295 g/mol. The first-order valence-corrected chi connectivity index (χ1v) is 6.62. The molecule has 0 aliphatic carbocycles. The molecule has 0 atom stereocenters. The van der Waals surface area contributed by atoms with Crippen LogP contribution in [0.4, 0.5) is 4.39 Å². The molecule has 4 nitrogen and oxygen atoms in total. The molecule has 21 heavy (non-hydrogen) atoms. The molecule has 0 fully saturated rings. The standard InChI is InChI=1S/C15H14ClFN2O2/c1-7-5-8(2)12(17)10(6-7)14-18-9(3)11(16)13(19-14)15(20)21-4/h5-6H,1-4H3. The van der Waals surface area contributed by atoms with Gasteiger partial charge in [0.05, 0.1) is 23.4 Å². The van der Waals surface area contributed by atoms with Crippen molar-refractivity contribution in [1.29, 1.82) is 0 Å². The van der Waals surface area contributed by atoms with Crippen LogP contribution in [0.15, 0.2) is 12.1 Å². The quantitative estimate of drug-likeness (QED) is 0.795. The van der Waals surface area contributed by atoms with Gasteiger partial charge in [0.2, 0.25) is 0 Å². The molecule has 0 amide bonds. The molecule has 0 saturated carbocycles. The Morgan fingerprint density at radius 1 is 1.24 bits per heavy atom. The van der Waals surface area contributed by atoms with Gasteiger partial charge in [-0.2, -0.15) is 0 Å². The number of rotatable bonds is 2. The molecule has 0 saturated heterocycles. The van der Waals surface area contributed by atoms with Gasteiger partial charge in [-0.15, -0.1) is 0 Å². The lowest BCUT2D eigenvalue weighted by Gasteiger charge is -2.10. The number of halogens is 2. The van der Waals surface area contributed by atoms with E-state index in [1.165, 1.54) is 7.11 Å². The fourth-order valence-corrected chi connectivity index (χ4v) is 2.19. The maximum atomic E-state index is 14.3. The van der Waals surface area contributed by atoms with Crippen LogP contribution in [0.5, 0.6) is 0 Å². The molecule has 0 bridgehead atoms. The number of aryl methyl sites for hydroxylation is 3. The Morgan fingerprint density at radius 2 is 1.90 bits per heavy atom. The summed E-state index contributed by atoms with van der Waals surface area (Å²) in [4.78, 5) is 19.9. The van der Waals surface area contributed by atoms with E-state index in [4.69, 9.17) is 11.6 Å². The molecule has 6 heteroatoms. The van der Waals surface area contributed by atoms with Gasteiger partial charge in [0, 0.05) is 0 Å². The third-order valence-electron chi connectivity index (χ3n) is 3.04. The Kier molecular flexibility index (Phi) is 4.23. The van der Waals surface area contributed by atoms with Gasteiger partial charge in [0.15, 0.2) is 11.5 Å². The molecule has 0 radical (unpaired) electrons. The van der Waals surface area contributed by atoms with Gasteiger partial charge in [0.1, 0.15) is 5.82 Å². The van der Waals surface area contributed by atoms with Gasteiger partial charge >= 0.3 is 5.97 Å². The first-order valence-electron chi connectivity index (χ1n) is 6.24. The van der Waals surface area contributed by atoms with Crippen molar-refractivity contribution in [3.63, 3.8) is 0 Å². The highest BCUT2D eigenvalue weighted by Crippen LogP contribution is 2.27. The van der Waals surface area contributed by atoms with Gasteiger partial charge in [-0.1, -0.05) is 17.7 Å². The van der Waals surface area contributed by atoms with Gasteiger partial charge in [0.25, 0.3) is 0 Å². The Balaban J connectivity index is 2.71. The summed E-state index contributed by atoms with van der Waals surface area (Å²) in [7, 11) is 1.23. The van der Waals surface area contributed by atoms with E-state index in [1.54, 1.807) is 26.0 Å². The highest BCUT2D eigenvalue weighted by Gasteiger charge is 2.20. The zero-order valence-corrected chi connectivity index (χ0v) is 12.9. The van der Waals surface area contributed by atoms with Crippen LogP contribution in [0.1, 0.15) is 27.3 Å². The number of methoxy groups -OCH3 is 1. The smallest absolute Gasteiger partial charge is 0.358 e.